The number of aliphatic carboxylic acids is 2. The van der Waals surface area contributed by atoms with Crippen LogP contribution in [0.15, 0.2) is 0 Å². The Morgan fingerprint density at radius 3 is 1.70 bits per heavy atom. The molecule has 6 heterocycles. The van der Waals surface area contributed by atoms with Crippen molar-refractivity contribution in [2.45, 2.75) is 173 Å². The van der Waals surface area contributed by atoms with Gasteiger partial charge >= 0.3 is 17.9 Å². The normalized spacial score (nSPS) is 49.4. The second kappa shape index (κ2) is 22.8. The summed E-state index contributed by atoms with van der Waals surface area (Å²) < 4.78 is 72.8. The van der Waals surface area contributed by atoms with Crippen molar-refractivity contribution >= 4 is 36.6 Å². The third-order valence-electron chi connectivity index (χ3n) is 12.1. The van der Waals surface area contributed by atoms with Crippen LogP contribution in [0, 0.1) is 0 Å². The van der Waals surface area contributed by atoms with Crippen LogP contribution < -0.4 is 0 Å². The lowest BCUT2D eigenvalue weighted by molar-refractivity contribution is -0.404. The third kappa shape index (κ3) is 11.4. The van der Waals surface area contributed by atoms with Crippen LogP contribution in [-0.4, -0.2) is 276 Å². The van der Waals surface area contributed by atoms with Crippen LogP contribution in [0.3, 0.4) is 0 Å². The summed E-state index contributed by atoms with van der Waals surface area (Å²) in [6, 6.07) is 0. The SMILES string of the molecule is CC(=O)OCC1OC(OC2C(O)C(CP)OC(CO)C2OC2OC(CO)C(OP)C(O)C2O)C(OC2OC(C(=O)O)C(OC3OC4COC(C)(C(=O)O)OC4C(O)C3O)C(O)C2O)C(O)C1O. The summed E-state index contributed by atoms with van der Waals surface area (Å²) in [6.45, 7) is -0.783. The summed E-state index contributed by atoms with van der Waals surface area (Å²) in [4.78, 5) is 36.1. The fraction of sp³-hybridized carbons (Fsp3) is 0.917. The number of fused-ring (bicyclic) bond motifs is 1. The molecule has 67 heavy (non-hydrogen) atoms. The Labute approximate surface area is 384 Å². The van der Waals surface area contributed by atoms with Gasteiger partial charge in [0.1, 0.15) is 123 Å². The summed E-state index contributed by atoms with van der Waals surface area (Å²) in [5, 5.41) is 141. The predicted molar refractivity (Wildman–Crippen MR) is 211 cm³/mol. The van der Waals surface area contributed by atoms with Crippen molar-refractivity contribution in [3.8, 4) is 0 Å². The van der Waals surface area contributed by atoms with Gasteiger partial charge in [0.15, 0.2) is 31.3 Å². The molecule has 6 saturated heterocycles. The van der Waals surface area contributed by atoms with E-state index in [2.05, 4.69) is 9.24 Å². The summed E-state index contributed by atoms with van der Waals surface area (Å²) >= 11 is 0. The van der Waals surface area contributed by atoms with E-state index in [1.165, 1.54) is 0 Å². The average Bonchev–Trinajstić information content (AvgIpc) is 3.29. The highest BCUT2D eigenvalue weighted by atomic mass is 31.0. The number of rotatable bonds is 16. The topological polar surface area (TPSA) is 434 Å². The van der Waals surface area contributed by atoms with E-state index in [0.717, 1.165) is 13.8 Å². The van der Waals surface area contributed by atoms with Gasteiger partial charge in [0.2, 0.25) is 0 Å². The van der Waals surface area contributed by atoms with E-state index in [0.29, 0.717) is 0 Å². The van der Waals surface area contributed by atoms with Gasteiger partial charge in [-0.3, -0.25) is 4.79 Å². The largest absolute Gasteiger partial charge is 0.479 e. The van der Waals surface area contributed by atoms with Crippen LogP contribution in [0.25, 0.3) is 0 Å². The molecular formula is C36H58O29P2. The van der Waals surface area contributed by atoms with Crippen molar-refractivity contribution in [2.75, 3.05) is 32.6 Å². The van der Waals surface area contributed by atoms with E-state index in [4.69, 9.17) is 61.4 Å². The molecule has 28 unspecified atom stereocenters. The van der Waals surface area contributed by atoms with Gasteiger partial charge in [0.05, 0.1) is 25.9 Å². The van der Waals surface area contributed by atoms with Crippen molar-refractivity contribution in [3.63, 3.8) is 0 Å². The van der Waals surface area contributed by atoms with Crippen LogP contribution in [0.1, 0.15) is 13.8 Å². The lowest BCUT2D eigenvalue weighted by Gasteiger charge is -2.51. The van der Waals surface area contributed by atoms with Gasteiger partial charge in [-0.2, -0.15) is 0 Å². The minimum absolute atomic E-state index is 0.0121. The number of carboxylic acids is 2. The van der Waals surface area contributed by atoms with Gasteiger partial charge in [-0.05, 0) is 6.16 Å². The fourth-order valence-corrected chi connectivity index (χ4v) is 9.09. The first-order chi connectivity index (χ1) is 31.6. The number of hydrogen-bond acceptors (Lipinski definition) is 27. The maximum atomic E-state index is 12.7. The van der Waals surface area contributed by atoms with Crippen molar-refractivity contribution in [2.24, 2.45) is 0 Å². The first-order valence-corrected chi connectivity index (χ1v) is 22.1. The summed E-state index contributed by atoms with van der Waals surface area (Å²) in [5.74, 6) is -6.52. The molecule has 386 valence electrons. The lowest BCUT2D eigenvalue weighted by atomic mass is 9.93. The van der Waals surface area contributed by atoms with Crippen LogP contribution in [0.5, 0.6) is 0 Å². The first-order valence-electron chi connectivity index (χ1n) is 20.8. The molecule has 6 aliphatic heterocycles. The second-order valence-corrected chi connectivity index (χ2v) is 17.3. The molecule has 0 aliphatic carbocycles. The summed E-state index contributed by atoms with van der Waals surface area (Å²) in [7, 11) is 4.16. The molecule has 13 N–H and O–H groups in total. The number of carboxylic acid groups (broad SMARTS) is 2. The molecule has 6 aliphatic rings. The Bertz CT molecular complexity index is 1670. The highest BCUT2D eigenvalue weighted by Gasteiger charge is 2.59. The molecule has 6 rings (SSSR count). The van der Waals surface area contributed by atoms with Gasteiger partial charge in [0.25, 0.3) is 5.79 Å². The minimum Gasteiger partial charge on any atom is -0.479 e. The number of esters is 1. The van der Waals surface area contributed by atoms with Gasteiger partial charge in [-0.1, -0.05) is 0 Å². The molecular weight excluding hydrogens is 958 g/mol. The Hall–Kier alpha value is -1.65. The summed E-state index contributed by atoms with van der Waals surface area (Å²) in [6.07, 6.45) is -46.2. The first kappa shape index (κ1) is 54.7. The summed E-state index contributed by atoms with van der Waals surface area (Å²) in [5.41, 5.74) is 0. The Kier molecular flexibility index (Phi) is 18.6. The van der Waals surface area contributed by atoms with Crippen molar-refractivity contribution in [1.29, 1.82) is 0 Å². The molecule has 0 bridgehead atoms. The molecule has 0 spiro atoms. The van der Waals surface area contributed by atoms with Crippen molar-refractivity contribution in [3.05, 3.63) is 0 Å². The van der Waals surface area contributed by atoms with Crippen LogP contribution >= 0.6 is 18.7 Å². The molecule has 31 heteroatoms. The predicted octanol–water partition coefficient (Wildman–Crippen LogP) is -8.66. The molecule has 29 nitrogen and oxygen atoms in total. The number of carbonyl (C=O) groups excluding carboxylic acids is 1. The zero-order chi connectivity index (χ0) is 49.4. The smallest absolute Gasteiger partial charge is 0.364 e. The molecule has 28 atom stereocenters. The highest BCUT2D eigenvalue weighted by molar-refractivity contribution is 7.16. The number of aliphatic hydroxyl groups is 11. The Balaban J connectivity index is 1.26. The maximum absolute atomic E-state index is 12.7. The minimum atomic E-state index is -2.34. The molecule has 0 aromatic carbocycles. The Morgan fingerprint density at radius 2 is 1.12 bits per heavy atom. The van der Waals surface area contributed by atoms with E-state index in [1.807, 2.05) is 9.47 Å². The van der Waals surface area contributed by atoms with Crippen molar-refractivity contribution < 1.29 is 142 Å². The van der Waals surface area contributed by atoms with Crippen LogP contribution in [0.2, 0.25) is 0 Å². The molecule has 0 amide bonds. The number of hydrogen-bond donors (Lipinski definition) is 13. The van der Waals surface area contributed by atoms with Crippen LogP contribution in [-0.2, 0) is 75.7 Å². The Morgan fingerprint density at radius 1 is 0.597 bits per heavy atom. The van der Waals surface area contributed by atoms with E-state index < -0.39 is 203 Å². The highest BCUT2D eigenvalue weighted by Crippen LogP contribution is 2.39. The van der Waals surface area contributed by atoms with Gasteiger partial charge < -0.3 is 128 Å². The molecule has 0 aromatic heterocycles. The quantitative estimate of drug-likeness (QED) is 0.0504. The van der Waals surface area contributed by atoms with Gasteiger partial charge in [-0.25, -0.2) is 9.59 Å². The third-order valence-corrected chi connectivity index (χ3v) is 12.9. The number of aliphatic hydroxyl groups excluding tert-OH is 11. The van der Waals surface area contributed by atoms with E-state index >= 15 is 0 Å². The van der Waals surface area contributed by atoms with E-state index in [9.17, 15) is 80.8 Å². The molecule has 0 aromatic rings. The standard InChI is InChI=1S/C36H58O29P2/c1-8(39)53-5-11-14(40)16(42)28(34(57-11)61-26-15(41)13(7-66)55-10(4-38)25(26)59-31-21(47)18(44)24(65-67)9(3-37)56-31)62-33-22(48)19(45)27(29(63-33)30(49)50)60-32-20(46)17(43)23-12(58-32)6-54-36(2,64-23)35(51)52/h9-29,31-34,37-38,40-48H,3-7,66-67H2,1-2H3,(H,49,50)(H,51,52). The van der Waals surface area contributed by atoms with Crippen LogP contribution in [0.4, 0.5) is 0 Å². The van der Waals surface area contributed by atoms with Gasteiger partial charge in [-0.15, -0.1) is 9.24 Å². The monoisotopic (exact) mass is 1020 g/mol. The molecule has 0 radical (unpaired) electrons. The fourth-order valence-electron chi connectivity index (χ4n) is 8.36. The second-order valence-electron chi connectivity index (χ2n) is 16.6. The zero-order valence-corrected chi connectivity index (χ0v) is 37.8. The average molecular weight is 1020 g/mol. The molecule has 0 saturated carbocycles. The van der Waals surface area contributed by atoms with Gasteiger partial charge in [0, 0.05) is 23.3 Å². The number of carbonyl (C=O) groups is 3. The zero-order valence-electron chi connectivity index (χ0n) is 35.5. The van der Waals surface area contributed by atoms with Crippen molar-refractivity contribution in [1.82, 2.24) is 0 Å². The number of ether oxygens (including phenoxy) is 12. The van der Waals surface area contributed by atoms with E-state index in [1.54, 1.807) is 0 Å². The molecule has 6 fully saturated rings. The maximum Gasteiger partial charge on any atom is 0.364 e. The van der Waals surface area contributed by atoms with E-state index in [-0.39, 0.29) is 6.16 Å². The lowest BCUT2D eigenvalue weighted by Crippen LogP contribution is -2.69.